The molecule has 0 aliphatic carbocycles. The van der Waals surface area contributed by atoms with Gasteiger partial charge in [0.2, 0.25) is 0 Å². The Hall–Kier alpha value is -0.750. The molecular formula is C8H14N2O3S. The number of ether oxygens (including phenoxy) is 1. The summed E-state index contributed by atoms with van der Waals surface area (Å²) in [4.78, 5) is 15.3. The van der Waals surface area contributed by atoms with Gasteiger partial charge >= 0.3 is 6.09 Å². The molecule has 1 amide bonds. The van der Waals surface area contributed by atoms with Crippen LogP contribution in [0, 0.1) is 5.92 Å². The first kappa shape index (κ1) is 11.3. The van der Waals surface area contributed by atoms with Crippen molar-refractivity contribution in [2.45, 2.75) is 20.0 Å². The lowest BCUT2D eigenvalue weighted by molar-refractivity contribution is 0.111. The lowest BCUT2D eigenvalue weighted by atomic mass is 10.1. The topological polar surface area (TPSA) is 59.9 Å². The van der Waals surface area contributed by atoms with E-state index in [9.17, 15) is 4.79 Å². The lowest BCUT2D eigenvalue weighted by Crippen LogP contribution is -2.23. The quantitative estimate of drug-likeness (QED) is 0.562. The maximum Gasteiger partial charge on any atom is 0.433 e. The third kappa shape index (κ3) is 2.88. The Kier molecular flexibility index (Phi) is 4.21. The Morgan fingerprint density at radius 1 is 1.79 bits per heavy atom. The van der Waals surface area contributed by atoms with Crippen molar-refractivity contribution in [2.75, 3.05) is 13.0 Å². The second-order valence-electron chi connectivity index (χ2n) is 3.15. The van der Waals surface area contributed by atoms with Crippen LogP contribution in [-0.4, -0.2) is 30.2 Å². The monoisotopic (exact) mass is 218 g/mol. The van der Waals surface area contributed by atoms with Crippen molar-refractivity contribution in [1.82, 2.24) is 5.32 Å². The van der Waals surface area contributed by atoms with E-state index in [2.05, 4.69) is 15.3 Å². The molecule has 1 unspecified atom stereocenters. The zero-order valence-electron chi connectivity index (χ0n) is 8.44. The van der Waals surface area contributed by atoms with Gasteiger partial charge in [0.15, 0.2) is 0 Å². The molecular weight excluding hydrogens is 204 g/mol. The second-order valence-corrected chi connectivity index (χ2v) is 4.09. The minimum atomic E-state index is -0.562. The first-order valence-electron chi connectivity index (χ1n) is 4.36. The van der Waals surface area contributed by atoms with Gasteiger partial charge in [-0.2, -0.15) is 0 Å². The summed E-state index contributed by atoms with van der Waals surface area (Å²) >= 11 is 1.45. The highest BCUT2D eigenvalue weighted by atomic mass is 32.2. The molecule has 0 saturated carbocycles. The Bertz CT molecular complexity index is 243. The summed E-state index contributed by atoms with van der Waals surface area (Å²) in [6.07, 6.45) is -0.614. The Morgan fingerprint density at radius 2 is 2.50 bits per heavy atom. The number of carbonyl (C=O) groups is 1. The van der Waals surface area contributed by atoms with Crippen molar-refractivity contribution in [3.63, 3.8) is 0 Å². The van der Waals surface area contributed by atoms with Crippen LogP contribution < -0.4 is 5.32 Å². The number of hydrogen-bond acceptors (Lipinski definition) is 5. The van der Waals surface area contributed by atoms with E-state index in [4.69, 9.17) is 4.74 Å². The van der Waals surface area contributed by atoms with E-state index in [1.807, 2.05) is 13.8 Å². The third-order valence-electron chi connectivity index (χ3n) is 1.73. The predicted molar refractivity (Wildman–Crippen MR) is 55.1 cm³/mol. The van der Waals surface area contributed by atoms with Gasteiger partial charge in [-0.3, -0.25) is 4.84 Å². The zero-order chi connectivity index (χ0) is 10.6. The molecule has 1 fully saturated rings. The van der Waals surface area contributed by atoms with Gasteiger partial charge in [0.25, 0.3) is 0 Å². The van der Waals surface area contributed by atoms with Gasteiger partial charge < -0.3 is 10.1 Å². The van der Waals surface area contributed by atoms with Crippen molar-refractivity contribution in [2.24, 2.45) is 11.1 Å². The van der Waals surface area contributed by atoms with Gasteiger partial charge in [-0.25, -0.2) is 4.79 Å². The molecule has 14 heavy (non-hydrogen) atoms. The molecule has 1 N–H and O–H groups in total. The van der Waals surface area contributed by atoms with Crippen molar-refractivity contribution < 1.29 is 14.4 Å². The van der Waals surface area contributed by atoms with E-state index >= 15 is 0 Å². The summed E-state index contributed by atoms with van der Waals surface area (Å²) in [5, 5.41) is 6.78. The molecule has 0 radical (unpaired) electrons. The van der Waals surface area contributed by atoms with Crippen LogP contribution in [0.4, 0.5) is 4.79 Å². The number of hydrogen-bond donors (Lipinski definition) is 1. The zero-order valence-corrected chi connectivity index (χ0v) is 9.26. The summed E-state index contributed by atoms with van der Waals surface area (Å²) in [7, 11) is 1.49. The molecule has 1 rings (SSSR count). The number of carbonyl (C=O) groups excluding carboxylic acids is 1. The van der Waals surface area contributed by atoms with Gasteiger partial charge in [-0.15, -0.1) is 0 Å². The van der Waals surface area contributed by atoms with Crippen LogP contribution in [-0.2, 0) is 9.57 Å². The summed E-state index contributed by atoms with van der Waals surface area (Å²) in [6.45, 7) is 4.07. The van der Waals surface area contributed by atoms with Crippen molar-refractivity contribution >= 4 is 22.9 Å². The van der Waals surface area contributed by atoms with Crippen LogP contribution in [0.2, 0.25) is 0 Å². The molecule has 0 spiro atoms. The van der Waals surface area contributed by atoms with Crippen LogP contribution in [0.1, 0.15) is 13.8 Å². The van der Waals surface area contributed by atoms with E-state index in [0.29, 0.717) is 11.9 Å². The summed E-state index contributed by atoms with van der Waals surface area (Å²) in [5.41, 5.74) is 0. The predicted octanol–water partition coefficient (Wildman–Crippen LogP) is 1.40. The van der Waals surface area contributed by atoms with E-state index in [1.165, 1.54) is 18.8 Å². The molecule has 1 heterocycles. The van der Waals surface area contributed by atoms with Gasteiger partial charge in [-0.1, -0.05) is 30.8 Å². The van der Waals surface area contributed by atoms with Crippen molar-refractivity contribution in [1.29, 1.82) is 0 Å². The highest BCUT2D eigenvalue weighted by Crippen LogP contribution is 2.25. The van der Waals surface area contributed by atoms with Crippen LogP contribution >= 0.6 is 11.8 Å². The second kappa shape index (κ2) is 5.21. The maximum absolute atomic E-state index is 10.8. The molecule has 80 valence electrons. The number of nitrogens with one attached hydrogen (secondary N) is 1. The molecule has 0 bridgehead atoms. The highest BCUT2D eigenvalue weighted by Gasteiger charge is 2.28. The van der Waals surface area contributed by atoms with Gasteiger partial charge in [-0.05, 0) is 5.92 Å². The molecule has 1 aliphatic rings. The summed E-state index contributed by atoms with van der Waals surface area (Å²) < 4.78 is 5.41. The van der Waals surface area contributed by atoms with Crippen molar-refractivity contribution in [3.05, 3.63) is 0 Å². The molecule has 1 aliphatic heterocycles. The largest absolute Gasteiger partial charge is 0.433 e. The SMILES string of the molecule is CNC(=O)O/N=C1\SCOC1C(C)C. The van der Waals surface area contributed by atoms with E-state index in [0.717, 1.165) is 5.04 Å². The molecule has 0 aromatic heterocycles. The fourth-order valence-electron chi connectivity index (χ4n) is 1.01. The molecule has 5 nitrogen and oxygen atoms in total. The van der Waals surface area contributed by atoms with E-state index < -0.39 is 6.09 Å². The number of nitrogens with zero attached hydrogens (tertiary/aromatic N) is 1. The molecule has 1 saturated heterocycles. The first-order chi connectivity index (χ1) is 6.65. The Morgan fingerprint density at radius 3 is 3.07 bits per heavy atom. The van der Waals surface area contributed by atoms with Crippen molar-refractivity contribution in [3.8, 4) is 0 Å². The number of thioether (sulfide) groups is 1. The molecule has 0 aromatic rings. The number of amides is 1. The Balaban J connectivity index is 2.53. The summed E-state index contributed by atoms with van der Waals surface area (Å²) in [5.74, 6) is 0.899. The highest BCUT2D eigenvalue weighted by molar-refractivity contribution is 8.14. The smallest absolute Gasteiger partial charge is 0.360 e. The first-order valence-corrected chi connectivity index (χ1v) is 5.34. The van der Waals surface area contributed by atoms with E-state index in [1.54, 1.807) is 0 Å². The minimum Gasteiger partial charge on any atom is -0.360 e. The fraction of sp³-hybridized carbons (Fsp3) is 0.750. The van der Waals surface area contributed by atoms with Crippen LogP contribution in [0.5, 0.6) is 0 Å². The average molecular weight is 218 g/mol. The van der Waals surface area contributed by atoms with E-state index in [-0.39, 0.29) is 6.10 Å². The van der Waals surface area contributed by atoms with Gasteiger partial charge in [0, 0.05) is 7.05 Å². The summed E-state index contributed by atoms with van der Waals surface area (Å²) in [6, 6.07) is 0. The third-order valence-corrected chi connectivity index (χ3v) is 2.58. The standard InChI is InChI=1S/C8H14N2O3S/c1-5(2)6-7(14-4-12-6)10-13-8(11)9-3/h5-6H,4H2,1-3H3,(H,9,11)/b10-7-. The lowest BCUT2D eigenvalue weighted by Gasteiger charge is -2.12. The van der Waals surface area contributed by atoms with Crippen LogP contribution in [0.25, 0.3) is 0 Å². The number of rotatable bonds is 2. The molecule has 6 heteroatoms. The Labute approximate surface area is 87.2 Å². The van der Waals surface area contributed by atoms with Gasteiger partial charge in [0.05, 0.1) is 5.94 Å². The number of oxime groups is 1. The van der Waals surface area contributed by atoms with Crippen LogP contribution in [0.15, 0.2) is 5.16 Å². The normalized spacial score (nSPS) is 24.3. The molecule has 1 atom stereocenters. The average Bonchev–Trinajstić information content (AvgIpc) is 2.62. The van der Waals surface area contributed by atoms with Crippen LogP contribution in [0.3, 0.4) is 0 Å². The maximum atomic E-state index is 10.8. The van der Waals surface area contributed by atoms with Gasteiger partial charge in [0.1, 0.15) is 11.1 Å². The fourth-order valence-corrected chi connectivity index (χ4v) is 1.94. The molecule has 0 aromatic carbocycles. The minimum absolute atomic E-state index is 0.0512.